The van der Waals surface area contributed by atoms with Crippen molar-refractivity contribution in [1.82, 2.24) is 14.5 Å². The molecule has 9 nitrogen and oxygen atoms in total. The standard InChI is InChI=1S/C26H32N4O5/c1-5-15-29(26(33)27-20-13-11-19(12-14-20)25(32)35-6-2)18(3)23-28-22-10-8-7-9-21(22)24(31)30(23)16-17-34-4/h7-14,18H,5-6,15-17H2,1-4H3,(H,27,33). The van der Waals surface area contributed by atoms with Crippen molar-refractivity contribution in [1.29, 1.82) is 0 Å². The first-order chi connectivity index (χ1) is 16.9. The Kier molecular flexibility index (Phi) is 8.97. The van der Waals surface area contributed by atoms with E-state index in [9.17, 15) is 14.4 Å². The van der Waals surface area contributed by atoms with Crippen molar-refractivity contribution >= 4 is 28.6 Å². The number of anilines is 1. The molecule has 0 aliphatic carbocycles. The normalized spacial score (nSPS) is 11.8. The second kappa shape index (κ2) is 12.1. The Morgan fingerprint density at radius 3 is 2.49 bits per heavy atom. The van der Waals surface area contributed by atoms with E-state index in [4.69, 9.17) is 14.5 Å². The molecule has 35 heavy (non-hydrogen) atoms. The molecule has 0 fully saturated rings. The van der Waals surface area contributed by atoms with Gasteiger partial charge in [-0.15, -0.1) is 0 Å². The number of methoxy groups -OCH3 is 1. The predicted octanol–water partition coefficient (Wildman–Crippen LogP) is 4.22. The van der Waals surface area contributed by atoms with E-state index >= 15 is 0 Å². The van der Waals surface area contributed by atoms with Crippen LogP contribution in [-0.2, 0) is 16.0 Å². The summed E-state index contributed by atoms with van der Waals surface area (Å²) in [5, 5.41) is 3.41. The largest absolute Gasteiger partial charge is 0.462 e. The molecule has 1 atom stereocenters. The number of carbonyl (C=O) groups excluding carboxylic acids is 2. The summed E-state index contributed by atoms with van der Waals surface area (Å²) in [6.45, 7) is 7.00. The lowest BCUT2D eigenvalue weighted by molar-refractivity contribution is 0.0526. The number of aromatic nitrogens is 2. The maximum absolute atomic E-state index is 13.3. The van der Waals surface area contributed by atoms with Gasteiger partial charge in [-0.1, -0.05) is 19.1 Å². The minimum Gasteiger partial charge on any atom is -0.462 e. The Morgan fingerprint density at radius 2 is 1.83 bits per heavy atom. The van der Waals surface area contributed by atoms with Gasteiger partial charge in [-0.05, 0) is 56.7 Å². The number of amides is 2. The number of fused-ring (bicyclic) bond motifs is 1. The number of urea groups is 1. The minimum absolute atomic E-state index is 0.166. The molecule has 2 aromatic carbocycles. The molecule has 3 rings (SSSR count). The molecule has 0 aliphatic rings. The van der Waals surface area contributed by atoms with Gasteiger partial charge in [0.15, 0.2) is 0 Å². The van der Waals surface area contributed by atoms with Gasteiger partial charge >= 0.3 is 12.0 Å². The number of nitrogens with one attached hydrogen (secondary N) is 1. The highest BCUT2D eigenvalue weighted by Crippen LogP contribution is 2.22. The van der Waals surface area contributed by atoms with Gasteiger partial charge in [0.2, 0.25) is 0 Å². The maximum atomic E-state index is 13.3. The van der Waals surface area contributed by atoms with Crippen molar-refractivity contribution in [3.63, 3.8) is 0 Å². The first kappa shape index (κ1) is 25.9. The van der Waals surface area contributed by atoms with E-state index in [2.05, 4.69) is 5.32 Å². The van der Waals surface area contributed by atoms with E-state index in [1.54, 1.807) is 66.0 Å². The smallest absolute Gasteiger partial charge is 0.338 e. The van der Waals surface area contributed by atoms with Crippen molar-refractivity contribution < 1.29 is 19.1 Å². The molecule has 0 saturated carbocycles. The third kappa shape index (κ3) is 6.05. The van der Waals surface area contributed by atoms with Crippen LogP contribution in [0.2, 0.25) is 0 Å². The molecule has 0 saturated heterocycles. The van der Waals surface area contributed by atoms with E-state index < -0.39 is 12.0 Å². The van der Waals surface area contributed by atoms with E-state index in [1.807, 2.05) is 19.9 Å². The fourth-order valence-corrected chi connectivity index (χ4v) is 3.85. The molecule has 1 unspecified atom stereocenters. The van der Waals surface area contributed by atoms with E-state index in [1.165, 1.54) is 0 Å². The molecule has 0 bridgehead atoms. The van der Waals surface area contributed by atoms with Gasteiger partial charge in [0, 0.05) is 19.3 Å². The quantitative estimate of drug-likeness (QED) is 0.436. The van der Waals surface area contributed by atoms with Gasteiger partial charge in [-0.25, -0.2) is 14.6 Å². The molecule has 1 N–H and O–H groups in total. The Hall–Kier alpha value is -3.72. The highest BCUT2D eigenvalue weighted by atomic mass is 16.5. The van der Waals surface area contributed by atoms with Gasteiger partial charge in [0.25, 0.3) is 5.56 Å². The summed E-state index contributed by atoms with van der Waals surface area (Å²) in [4.78, 5) is 44.8. The lowest BCUT2D eigenvalue weighted by Gasteiger charge is -2.30. The average molecular weight is 481 g/mol. The van der Waals surface area contributed by atoms with Crippen molar-refractivity contribution in [2.75, 3.05) is 32.2 Å². The highest BCUT2D eigenvalue weighted by Gasteiger charge is 2.26. The molecule has 186 valence electrons. The molecular formula is C26H32N4O5. The van der Waals surface area contributed by atoms with Crippen LogP contribution in [0.25, 0.3) is 10.9 Å². The summed E-state index contributed by atoms with van der Waals surface area (Å²) < 4.78 is 11.8. The number of hydrogen-bond donors (Lipinski definition) is 1. The van der Waals surface area contributed by atoms with Crippen molar-refractivity contribution in [3.8, 4) is 0 Å². The van der Waals surface area contributed by atoms with Crippen LogP contribution < -0.4 is 10.9 Å². The SMILES string of the molecule is CCCN(C(=O)Nc1ccc(C(=O)OCC)cc1)C(C)c1nc2ccccc2c(=O)n1CCOC. The lowest BCUT2D eigenvalue weighted by Crippen LogP contribution is -2.40. The third-order valence-corrected chi connectivity index (χ3v) is 5.62. The lowest BCUT2D eigenvalue weighted by atomic mass is 10.2. The fourth-order valence-electron chi connectivity index (χ4n) is 3.85. The molecule has 0 radical (unpaired) electrons. The number of benzene rings is 2. The van der Waals surface area contributed by atoms with Crippen molar-refractivity contribution in [2.24, 2.45) is 0 Å². The molecule has 9 heteroatoms. The first-order valence-electron chi connectivity index (χ1n) is 11.7. The van der Waals surface area contributed by atoms with Crippen molar-refractivity contribution in [2.45, 2.75) is 39.8 Å². The predicted molar refractivity (Wildman–Crippen MR) is 135 cm³/mol. The molecule has 1 heterocycles. The van der Waals surface area contributed by atoms with Crippen LogP contribution in [0.15, 0.2) is 53.3 Å². The summed E-state index contributed by atoms with van der Waals surface area (Å²) in [5.74, 6) is 0.0787. The number of rotatable bonds is 10. The first-order valence-corrected chi connectivity index (χ1v) is 11.7. The van der Waals surface area contributed by atoms with Gasteiger partial charge in [0.1, 0.15) is 5.82 Å². The molecule has 0 spiro atoms. The van der Waals surface area contributed by atoms with E-state index in [0.29, 0.717) is 54.3 Å². The zero-order valence-electron chi connectivity index (χ0n) is 20.6. The molecule has 3 aromatic rings. The fraction of sp³-hybridized carbons (Fsp3) is 0.385. The number of para-hydroxylation sites is 1. The second-order valence-electron chi connectivity index (χ2n) is 8.03. The van der Waals surface area contributed by atoms with Crippen LogP contribution in [0, 0.1) is 0 Å². The Bertz CT molecular complexity index is 1220. The van der Waals surface area contributed by atoms with Crippen LogP contribution in [0.5, 0.6) is 0 Å². The zero-order valence-corrected chi connectivity index (χ0v) is 20.6. The van der Waals surface area contributed by atoms with Crippen LogP contribution in [-0.4, -0.2) is 53.3 Å². The van der Waals surface area contributed by atoms with E-state index in [-0.39, 0.29) is 11.6 Å². The van der Waals surface area contributed by atoms with Gasteiger partial charge in [0.05, 0.1) is 42.3 Å². The van der Waals surface area contributed by atoms with Crippen LogP contribution in [0.1, 0.15) is 49.4 Å². The van der Waals surface area contributed by atoms with E-state index in [0.717, 1.165) is 6.42 Å². The maximum Gasteiger partial charge on any atom is 0.338 e. The Labute approximate surface area is 204 Å². The molecule has 0 aliphatic heterocycles. The monoisotopic (exact) mass is 480 g/mol. The number of nitrogens with zero attached hydrogens (tertiary/aromatic N) is 3. The minimum atomic E-state index is -0.483. The number of carbonyl (C=O) groups is 2. The van der Waals surface area contributed by atoms with Gasteiger partial charge in [-0.2, -0.15) is 0 Å². The highest BCUT2D eigenvalue weighted by molar-refractivity contribution is 5.92. The number of esters is 1. The summed E-state index contributed by atoms with van der Waals surface area (Å²) >= 11 is 0. The number of ether oxygens (including phenoxy) is 2. The molecule has 1 aromatic heterocycles. The Morgan fingerprint density at radius 1 is 1.11 bits per heavy atom. The van der Waals surface area contributed by atoms with Gasteiger partial charge < -0.3 is 19.7 Å². The second-order valence-corrected chi connectivity index (χ2v) is 8.03. The molecular weight excluding hydrogens is 448 g/mol. The summed E-state index contributed by atoms with van der Waals surface area (Å²) in [7, 11) is 1.58. The summed E-state index contributed by atoms with van der Waals surface area (Å²) in [6.07, 6.45) is 0.718. The Balaban J connectivity index is 1.91. The topological polar surface area (TPSA) is 103 Å². The zero-order chi connectivity index (χ0) is 25.4. The third-order valence-electron chi connectivity index (χ3n) is 5.62. The van der Waals surface area contributed by atoms with Crippen molar-refractivity contribution in [3.05, 3.63) is 70.3 Å². The number of hydrogen-bond acceptors (Lipinski definition) is 6. The van der Waals surface area contributed by atoms with Crippen LogP contribution >= 0.6 is 0 Å². The van der Waals surface area contributed by atoms with Gasteiger partial charge in [-0.3, -0.25) is 9.36 Å². The van der Waals surface area contributed by atoms with Crippen LogP contribution in [0.4, 0.5) is 10.5 Å². The van der Waals surface area contributed by atoms with Crippen LogP contribution in [0.3, 0.4) is 0 Å². The summed E-state index contributed by atoms with van der Waals surface area (Å²) in [6, 6.07) is 12.9. The average Bonchev–Trinajstić information content (AvgIpc) is 2.86. The molecule has 2 amide bonds. The summed E-state index contributed by atoms with van der Waals surface area (Å²) in [5.41, 5.74) is 1.37.